The van der Waals surface area contributed by atoms with Crippen molar-refractivity contribution < 1.29 is 14.3 Å². The van der Waals surface area contributed by atoms with E-state index in [4.69, 9.17) is 4.74 Å². The zero-order valence-electron chi connectivity index (χ0n) is 15.4. The molecule has 2 saturated heterocycles. The van der Waals surface area contributed by atoms with Crippen LogP contribution in [0.5, 0.6) is 5.75 Å². The van der Waals surface area contributed by atoms with Gasteiger partial charge in [-0.15, -0.1) is 0 Å². The van der Waals surface area contributed by atoms with E-state index in [2.05, 4.69) is 5.32 Å². The van der Waals surface area contributed by atoms with Crippen molar-refractivity contribution in [3.8, 4) is 5.75 Å². The van der Waals surface area contributed by atoms with E-state index in [1.807, 2.05) is 21.9 Å². The van der Waals surface area contributed by atoms with Crippen molar-refractivity contribution in [1.29, 1.82) is 0 Å². The van der Waals surface area contributed by atoms with Crippen molar-refractivity contribution in [3.63, 3.8) is 0 Å². The van der Waals surface area contributed by atoms with Crippen molar-refractivity contribution in [2.75, 3.05) is 45.9 Å². The molecular formula is C20H29N3O3. The molecule has 1 N–H and O–H groups in total. The van der Waals surface area contributed by atoms with Crippen LogP contribution in [0, 0.1) is 0 Å². The second-order valence-electron chi connectivity index (χ2n) is 6.98. The number of para-hydroxylation sites is 1. The van der Waals surface area contributed by atoms with Crippen LogP contribution in [0.25, 0.3) is 0 Å². The summed E-state index contributed by atoms with van der Waals surface area (Å²) in [5.41, 5.74) is 0.540. The average molecular weight is 359 g/mol. The zero-order chi connectivity index (χ0) is 18.2. The molecule has 2 fully saturated rings. The minimum Gasteiger partial charge on any atom is -0.483 e. The number of benzene rings is 1. The standard InChI is InChI=1S/C20H29N3O3/c24-19(22-12-5-1-2-6-13-22)16-26-18-9-4-3-8-17(18)20(25)23-14-7-10-21-11-15-23/h3-4,8-9,21H,1-2,5-7,10-16H2. The van der Waals surface area contributed by atoms with Crippen molar-refractivity contribution in [2.45, 2.75) is 32.1 Å². The van der Waals surface area contributed by atoms with Crippen LogP contribution in [0.3, 0.4) is 0 Å². The van der Waals surface area contributed by atoms with Crippen molar-refractivity contribution >= 4 is 11.8 Å². The number of likely N-dealkylation sites (tertiary alicyclic amines) is 1. The summed E-state index contributed by atoms with van der Waals surface area (Å²) in [5.74, 6) is 0.484. The molecule has 0 unspecified atom stereocenters. The van der Waals surface area contributed by atoms with Crippen molar-refractivity contribution in [2.24, 2.45) is 0 Å². The minimum atomic E-state index is -0.0217. The Labute approximate surface area is 155 Å². The lowest BCUT2D eigenvalue weighted by Gasteiger charge is -2.23. The van der Waals surface area contributed by atoms with Gasteiger partial charge in [-0.25, -0.2) is 0 Å². The first-order valence-corrected chi connectivity index (χ1v) is 9.75. The topological polar surface area (TPSA) is 61.9 Å². The second-order valence-corrected chi connectivity index (χ2v) is 6.98. The van der Waals surface area contributed by atoms with E-state index in [0.717, 1.165) is 52.0 Å². The number of rotatable bonds is 4. The first kappa shape index (κ1) is 18.7. The maximum atomic E-state index is 12.9. The number of amides is 2. The first-order chi connectivity index (χ1) is 12.8. The van der Waals surface area contributed by atoms with Gasteiger partial charge in [0.15, 0.2) is 6.61 Å². The van der Waals surface area contributed by atoms with Crippen molar-refractivity contribution in [3.05, 3.63) is 29.8 Å². The second kappa shape index (κ2) is 9.57. The third-order valence-electron chi connectivity index (χ3n) is 5.05. The van der Waals surface area contributed by atoms with Gasteiger partial charge in [0.1, 0.15) is 5.75 Å². The molecule has 1 aromatic rings. The Balaban J connectivity index is 1.63. The Kier molecular flexibility index (Phi) is 6.89. The predicted molar refractivity (Wildman–Crippen MR) is 100 cm³/mol. The maximum Gasteiger partial charge on any atom is 0.260 e. The molecule has 2 aliphatic heterocycles. The summed E-state index contributed by atoms with van der Waals surface area (Å²) >= 11 is 0. The van der Waals surface area contributed by atoms with E-state index in [9.17, 15) is 9.59 Å². The molecule has 0 aromatic heterocycles. The predicted octanol–water partition coefficient (Wildman–Crippen LogP) is 1.90. The summed E-state index contributed by atoms with van der Waals surface area (Å²) in [6.07, 6.45) is 5.44. The molecule has 26 heavy (non-hydrogen) atoms. The number of carbonyl (C=O) groups excluding carboxylic acids is 2. The third kappa shape index (κ3) is 4.97. The van der Waals surface area contributed by atoms with E-state index < -0.39 is 0 Å². The fourth-order valence-corrected chi connectivity index (χ4v) is 3.54. The number of nitrogens with one attached hydrogen (secondary N) is 1. The lowest BCUT2D eigenvalue weighted by Crippen LogP contribution is -2.36. The number of hydrogen-bond donors (Lipinski definition) is 1. The monoisotopic (exact) mass is 359 g/mol. The van der Waals surface area contributed by atoms with Gasteiger partial charge in [0.05, 0.1) is 5.56 Å². The Morgan fingerprint density at radius 3 is 2.42 bits per heavy atom. The van der Waals surface area contributed by atoms with Crippen LogP contribution in [0.1, 0.15) is 42.5 Å². The molecule has 3 rings (SSSR count). The van der Waals surface area contributed by atoms with Crippen molar-refractivity contribution in [1.82, 2.24) is 15.1 Å². The van der Waals surface area contributed by atoms with E-state index >= 15 is 0 Å². The van der Waals surface area contributed by atoms with Gasteiger partial charge in [-0.3, -0.25) is 9.59 Å². The lowest BCUT2D eigenvalue weighted by molar-refractivity contribution is -0.133. The van der Waals surface area contributed by atoms with Crippen LogP contribution >= 0.6 is 0 Å². The Hall–Kier alpha value is -2.08. The molecule has 0 saturated carbocycles. The molecule has 0 aliphatic carbocycles. The van der Waals surface area contributed by atoms with Gasteiger partial charge in [0, 0.05) is 32.7 Å². The number of ether oxygens (including phenoxy) is 1. The number of hydrogen-bond acceptors (Lipinski definition) is 4. The van der Waals surface area contributed by atoms with E-state index in [0.29, 0.717) is 17.9 Å². The highest BCUT2D eigenvalue weighted by Crippen LogP contribution is 2.21. The quantitative estimate of drug-likeness (QED) is 0.892. The summed E-state index contributed by atoms with van der Waals surface area (Å²) in [4.78, 5) is 29.1. The van der Waals surface area contributed by atoms with Gasteiger partial charge in [-0.1, -0.05) is 25.0 Å². The summed E-state index contributed by atoms with van der Waals surface area (Å²) in [6.45, 7) is 4.79. The van der Waals surface area contributed by atoms with Gasteiger partial charge in [0.25, 0.3) is 11.8 Å². The Bertz CT molecular complexity index is 604. The Morgan fingerprint density at radius 1 is 0.885 bits per heavy atom. The van der Waals surface area contributed by atoms with Crippen LogP contribution in [0.2, 0.25) is 0 Å². The Morgan fingerprint density at radius 2 is 1.62 bits per heavy atom. The summed E-state index contributed by atoms with van der Waals surface area (Å²) in [5, 5.41) is 3.30. The lowest BCUT2D eigenvalue weighted by atomic mass is 10.1. The van der Waals surface area contributed by atoms with Crippen LogP contribution in [0.4, 0.5) is 0 Å². The fourth-order valence-electron chi connectivity index (χ4n) is 3.54. The molecule has 0 spiro atoms. The summed E-state index contributed by atoms with van der Waals surface area (Å²) < 4.78 is 5.78. The first-order valence-electron chi connectivity index (χ1n) is 9.75. The molecule has 2 amide bonds. The van der Waals surface area contributed by atoms with Crippen LogP contribution in [-0.2, 0) is 4.79 Å². The van der Waals surface area contributed by atoms with Gasteiger partial charge in [0.2, 0.25) is 0 Å². The average Bonchev–Trinajstić information content (AvgIpc) is 3.11. The van der Waals surface area contributed by atoms with Crippen LogP contribution < -0.4 is 10.1 Å². The number of nitrogens with zero attached hydrogens (tertiary/aromatic N) is 2. The molecule has 2 aliphatic rings. The molecule has 0 bridgehead atoms. The summed E-state index contributed by atoms with van der Waals surface area (Å²) in [6, 6.07) is 7.24. The minimum absolute atomic E-state index is 0.00752. The molecular weight excluding hydrogens is 330 g/mol. The van der Waals surface area contributed by atoms with E-state index in [-0.39, 0.29) is 18.4 Å². The highest BCUT2D eigenvalue weighted by molar-refractivity contribution is 5.97. The maximum absolute atomic E-state index is 12.9. The van der Waals surface area contributed by atoms with Crippen LogP contribution in [-0.4, -0.2) is 67.5 Å². The van der Waals surface area contributed by atoms with Crippen LogP contribution in [0.15, 0.2) is 24.3 Å². The molecule has 6 nitrogen and oxygen atoms in total. The largest absolute Gasteiger partial charge is 0.483 e. The summed E-state index contributed by atoms with van der Waals surface area (Å²) in [7, 11) is 0. The highest BCUT2D eigenvalue weighted by atomic mass is 16.5. The van der Waals surface area contributed by atoms with Gasteiger partial charge >= 0.3 is 0 Å². The number of carbonyl (C=O) groups is 2. The molecule has 2 heterocycles. The van der Waals surface area contributed by atoms with Gasteiger partial charge < -0.3 is 19.9 Å². The smallest absolute Gasteiger partial charge is 0.260 e. The fraction of sp³-hybridized carbons (Fsp3) is 0.600. The molecule has 6 heteroatoms. The molecule has 0 radical (unpaired) electrons. The SMILES string of the molecule is O=C(COc1ccccc1C(=O)N1CCCNCC1)N1CCCCCC1. The van der Waals surface area contributed by atoms with E-state index in [1.54, 1.807) is 12.1 Å². The molecule has 142 valence electrons. The van der Waals surface area contributed by atoms with E-state index in [1.165, 1.54) is 12.8 Å². The highest BCUT2D eigenvalue weighted by Gasteiger charge is 2.22. The molecule has 0 atom stereocenters. The molecule has 1 aromatic carbocycles. The third-order valence-corrected chi connectivity index (χ3v) is 5.05. The van der Waals surface area contributed by atoms with Gasteiger partial charge in [-0.05, 0) is 37.9 Å². The normalized spacial score (nSPS) is 18.8. The zero-order valence-corrected chi connectivity index (χ0v) is 15.4. The van der Waals surface area contributed by atoms with Gasteiger partial charge in [-0.2, -0.15) is 0 Å².